The monoisotopic (exact) mass is 539 g/mol. The van der Waals surface area contributed by atoms with E-state index in [0.29, 0.717) is 0 Å². The average molecular weight is 540 g/mol. The first-order valence-electron chi connectivity index (χ1n) is 16.5. The Kier molecular flexibility index (Phi) is 11.9. The minimum Gasteiger partial charge on any atom is -0.285 e. The maximum Gasteiger partial charge on any atom is 0.0926 e. The molecular formula is C34H55NP2. The van der Waals surface area contributed by atoms with Crippen LogP contribution >= 0.6 is 15.8 Å². The predicted molar refractivity (Wildman–Crippen MR) is 170 cm³/mol. The van der Waals surface area contributed by atoms with Gasteiger partial charge in [0.25, 0.3) is 0 Å². The summed E-state index contributed by atoms with van der Waals surface area (Å²) in [4.78, 5) is 5.29. The Labute approximate surface area is 232 Å². The highest BCUT2D eigenvalue weighted by atomic mass is 31.1. The van der Waals surface area contributed by atoms with Crippen LogP contribution in [-0.4, -0.2) is 47.2 Å². The van der Waals surface area contributed by atoms with E-state index in [1.165, 1.54) is 146 Å². The SMILES string of the molecule is C1=CC(=CCP(C2CCCCC2)C2CCCCC2)C(N=CCP(C2CCCCC2)C2CCCCC2)C=C1. The van der Waals surface area contributed by atoms with Crippen LogP contribution in [0.3, 0.4) is 0 Å². The van der Waals surface area contributed by atoms with Crippen molar-refractivity contribution in [2.75, 3.05) is 12.3 Å². The largest absolute Gasteiger partial charge is 0.285 e. The van der Waals surface area contributed by atoms with Gasteiger partial charge in [0, 0.05) is 12.4 Å². The Morgan fingerprint density at radius 1 is 0.568 bits per heavy atom. The third-order valence-corrected chi connectivity index (χ3v) is 17.3. The molecule has 5 aliphatic carbocycles. The van der Waals surface area contributed by atoms with Crippen LogP contribution in [0.1, 0.15) is 128 Å². The Balaban J connectivity index is 1.24. The molecule has 0 aliphatic heterocycles. The van der Waals surface area contributed by atoms with Gasteiger partial charge in [-0.3, -0.25) is 4.99 Å². The van der Waals surface area contributed by atoms with Crippen LogP contribution in [0, 0.1) is 0 Å². The highest BCUT2D eigenvalue weighted by molar-refractivity contribution is 7.60. The number of rotatable bonds is 9. The lowest BCUT2D eigenvalue weighted by atomic mass is 9.99. The van der Waals surface area contributed by atoms with Gasteiger partial charge < -0.3 is 0 Å². The summed E-state index contributed by atoms with van der Waals surface area (Å²) in [6, 6.07) is 0.272. The second-order valence-electron chi connectivity index (χ2n) is 12.8. The second-order valence-corrected chi connectivity index (χ2v) is 18.5. The zero-order valence-corrected chi connectivity index (χ0v) is 25.5. The van der Waals surface area contributed by atoms with E-state index in [9.17, 15) is 0 Å². The van der Waals surface area contributed by atoms with E-state index in [1.54, 1.807) is 0 Å². The first-order valence-corrected chi connectivity index (χ1v) is 19.8. The molecule has 0 aromatic carbocycles. The summed E-state index contributed by atoms with van der Waals surface area (Å²) >= 11 is 0. The first kappa shape index (κ1) is 28.3. The molecule has 206 valence electrons. The molecule has 0 N–H and O–H groups in total. The van der Waals surface area contributed by atoms with Gasteiger partial charge >= 0.3 is 0 Å². The molecule has 0 spiro atoms. The predicted octanol–water partition coefficient (Wildman–Crippen LogP) is 10.8. The Bertz CT molecular complexity index is 738. The number of nitrogens with zero attached hydrogens (tertiary/aromatic N) is 1. The molecule has 5 aliphatic rings. The van der Waals surface area contributed by atoms with Gasteiger partial charge in [-0.15, -0.1) is 0 Å². The van der Waals surface area contributed by atoms with Gasteiger partial charge in [-0.25, -0.2) is 0 Å². The minimum absolute atomic E-state index is 0.118. The van der Waals surface area contributed by atoms with Crippen molar-refractivity contribution < 1.29 is 0 Å². The number of hydrogen-bond donors (Lipinski definition) is 0. The lowest BCUT2D eigenvalue weighted by molar-refractivity contribution is 0.485. The van der Waals surface area contributed by atoms with Crippen LogP contribution in [-0.2, 0) is 0 Å². The summed E-state index contributed by atoms with van der Waals surface area (Å²) in [5.41, 5.74) is 5.65. The lowest BCUT2D eigenvalue weighted by Gasteiger charge is -2.38. The van der Waals surface area contributed by atoms with Crippen LogP contribution in [0.15, 0.2) is 40.9 Å². The van der Waals surface area contributed by atoms with E-state index in [0.717, 1.165) is 22.6 Å². The van der Waals surface area contributed by atoms with Gasteiger partial charge in [0.05, 0.1) is 6.04 Å². The van der Waals surface area contributed by atoms with Crippen LogP contribution in [0.5, 0.6) is 0 Å². The first-order chi connectivity index (χ1) is 18.4. The molecule has 0 heterocycles. The van der Waals surface area contributed by atoms with Gasteiger partial charge in [-0.05, 0) is 85.7 Å². The number of aliphatic imine (C=N–C) groups is 1. The van der Waals surface area contributed by atoms with Crippen molar-refractivity contribution >= 4 is 22.1 Å². The van der Waals surface area contributed by atoms with Gasteiger partial charge in [-0.1, -0.05) is 123 Å². The van der Waals surface area contributed by atoms with Crippen molar-refractivity contribution in [3.8, 4) is 0 Å². The van der Waals surface area contributed by atoms with Crippen molar-refractivity contribution in [1.29, 1.82) is 0 Å². The van der Waals surface area contributed by atoms with E-state index in [-0.39, 0.29) is 21.9 Å². The highest BCUT2D eigenvalue weighted by Crippen LogP contribution is 2.56. The average Bonchev–Trinajstić information content (AvgIpc) is 2.98. The molecule has 0 radical (unpaired) electrons. The summed E-state index contributed by atoms with van der Waals surface area (Å²) in [6.07, 6.45) is 47.0. The molecule has 0 aromatic rings. The molecule has 0 amide bonds. The third kappa shape index (κ3) is 8.37. The molecule has 4 fully saturated rings. The van der Waals surface area contributed by atoms with E-state index in [1.807, 2.05) is 0 Å². The molecule has 1 nitrogen and oxygen atoms in total. The highest BCUT2D eigenvalue weighted by Gasteiger charge is 2.31. The van der Waals surface area contributed by atoms with Gasteiger partial charge in [0.1, 0.15) is 0 Å². The third-order valence-electron chi connectivity index (χ3n) is 10.3. The molecule has 0 bridgehead atoms. The Hall–Kier alpha value is -0.250. The van der Waals surface area contributed by atoms with Gasteiger partial charge in [0.15, 0.2) is 0 Å². The van der Waals surface area contributed by atoms with E-state index in [4.69, 9.17) is 4.99 Å². The topological polar surface area (TPSA) is 12.4 Å². The zero-order valence-electron chi connectivity index (χ0n) is 23.7. The smallest absolute Gasteiger partial charge is 0.0926 e. The van der Waals surface area contributed by atoms with Crippen LogP contribution in [0.4, 0.5) is 0 Å². The zero-order chi connectivity index (χ0) is 25.1. The summed E-state index contributed by atoms with van der Waals surface area (Å²) in [5.74, 6) is 0. The van der Waals surface area contributed by atoms with Crippen molar-refractivity contribution in [2.24, 2.45) is 4.99 Å². The fourth-order valence-electron chi connectivity index (χ4n) is 8.18. The lowest BCUT2D eigenvalue weighted by Crippen LogP contribution is -2.22. The molecule has 1 atom stereocenters. The van der Waals surface area contributed by atoms with Gasteiger partial charge in [-0.2, -0.15) is 0 Å². The normalized spacial score (nSPS) is 28.8. The van der Waals surface area contributed by atoms with Crippen LogP contribution in [0.2, 0.25) is 0 Å². The van der Waals surface area contributed by atoms with Crippen LogP contribution in [0.25, 0.3) is 0 Å². The molecule has 37 heavy (non-hydrogen) atoms. The Morgan fingerprint density at radius 3 is 1.46 bits per heavy atom. The molecule has 4 saturated carbocycles. The molecule has 3 heteroatoms. The quantitative estimate of drug-likeness (QED) is 0.204. The Morgan fingerprint density at radius 2 is 1.00 bits per heavy atom. The van der Waals surface area contributed by atoms with E-state index in [2.05, 4.69) is 36.6 Å². The molecule has 0 saturated heterocycles. The van der Waals surface area contributed by atoms with E-state index < -0.39 is 0 Å². The molecule has 5 rings (SSSR count). The van der Waals surface area contributed by atoms with Crippen molar-refractivity contribution in [3.63, 3.8) is 0 Å². The van der Waals surface area contributed by atoms with Crippen molar-refractivity contribution in [1.82, 2.24) is 0 Å². The summed E-state index contributed by atoms with van der Waals surface area (Å²) < 4.78 is 0. The van der Waals surface area contributed by atoms with E-state index >= 15 is 0 Å². The number of allylic oxidation sites excluding steroid dienone is 3. The summed E-state index contributed by atoms with van der Waals surface area (Å²) in [7, 11) is 0.254. The minimum atomic E-state index is 0.118. The van der Waals surface area contributed by atoms with Crippen LogP contribution < -0.4 is 0 Å². The fraction of sp³-hybridized carbons (Fsp3) is 0.794. The summed E-state index contributed by atoms with van der Waals surface area (Å²) in [6.45, 7) is 0. The van der Waals surface area contributed by atoms with Gasteiger partial charge in [0.2, 0.25) is 0 Å². The van der Waals surface area contributed by atoms with Crippen molar-refractivity contribution in [3.05, 3.63) is 36.0 Å². The maximum atomic E-state index is 5.29. The standard InChI is InChI=1S/C34H55NP2/c1-5-16-30(17-6-1)36(31-18-7-2-8-19-31)27-25-29-15-13-14-24-34(29)35-26-28-37(32-20-9-3-10-21-32)33-22-11-4-12-23-33/h13-15,24-26,30-34H,1-12,16-23,27-28H2. The fourth-order valence-corrected chi connectivity index (χ4v) is 15.4. The molecule has 1 unspecified atom stereocenters. The summed E-state index contributed by atoms with van der Waals surface area (Å²) in [5, 5.41) is 0. The molecular weight excluding hydrogens is 484 g/mol. The maximum absolute atomic E-state index is 5.29. The molecule has 0 aromatic heterocycles. The number of hydrogen-bond acceptors (Lipinski definition) is 1. The van der Waals surface area contributed by atoms with Crippen molar-refractivity contribution in [2.45, 2.75) is 157 Å². The second kappa shape index (κ2) is 15.5.